The van der Waals surface area contributed by atoms with Crippen LogP contribution in [0.4, 0.5) is 17.8 Å². The maximum atomic E-state index is 11.4. The van der Waals surface area contributed by atoms with Crippen molar-refractivity contribution in [1.82, 2.24) is 15.0 Å². The second kappa shape index (κ2) is 6.11. The minimum atomic E-state index is -0.925. The first-order valence-electron chi connectivity index (χ1n) is 7.19. The van der Waals surface area contributed by atoms with Crippen LogP contribution in [0, 0.1) is 0 Å². The van der Waals surface area contributed by atoms with Crippen LogP contribution in [-0.4, -0.2) is 46.5 Å². The van der Waals surface area contributed by atoms with Crippen LogP contribution in [0.3, 0.4) is 0 Å². The number of hydrogen-bond donors (Lipinski definition) is 3. The highest BCUT2D eigenvalue weighted by Crippen LogP contribution is 2.20. The number of aromatic nitrogens is 3. The summed E-state index contributed by atoms with van der Waals surface area (Å²) < 4.78 is 0. The van der Waals surface area contributed by atoms with Crippen molar-refractivity contribution in [3.63, 3.8) is 0 Å². The van der Waals surface area contributed by atoms with Crippen molar-refractivity contribution in [1.29, 1.82) is 0 Å². The molecule has 1 aliphatic heterocycles. The van der Waals surface area contributed by atoms with Gasteiger partial charge in [-0.1, -0.05) is 0 Å². The quantitative estimate of drug-likeness (QED) is 0.728. The lowest BCUT2D eigenvalue weighted by Crippen LogP contribution is -2.45. The Balaban J connectivity index is 2.27. The van der Waals surface area contributed by atoms with Gasteiger partial charge in [0, 0.05) is 20.1 Å². The van der Waals surface area contributed by atoms with Crippen LogP contribution in [0.1, 0.15) is 33.1 Å². The average molecular weight is 293 g/mol. The molecule has 2 rings (SSSR count). The van der Waals surface area contributed by atoms with Crippen LogP contribution >= 0.6 is 0 Å². The van der Waals surface area contributed by atoms with E-state index < -0.39 is 11.4 Å². The lowest BCUT2D eigenvalue weighted by molar-refractivity contribution is -0.121. The molecule has 1 fully saturated rings. The molecule has 0 saturated carbocycles. The molecule has 1 saturated heterocycles. The highest BCUT2D eigenvalue weighted by Gasteiger charge is 2.26. The Morgan fingerprint density at radius 3 is 2.33 bits per heavy atom. The molecule has 116 valence electrons. The van der Waals surface area contributed by atoms with Gasteiger partial charge in [-0.2, -0.15) is 15.0 Å². The SMILES string of the molecule is CNc1nc(NC(C)(C)C(N)=O)nc(N2CCCCC2)n1. The lowest BCUT2D eigenvalue weighted by Gasteiger charge is -2.28. The van der Waals surface area contributed by atoms with Crippen LogP contribution in [0.25, 0.3) is 0 Å². The third-order valence-electron chi connectivity index (χ3n) is 3.53. The van der Waals surface area contributed by atoms with E-state index in [1.807, 2.05) is 0 Å². The molecule has 1 aliphatic rings. The number of piperidine rings is 1. The fourth-order valence-electron chi connectivity index (χ4n) is 2.11. The van der Waals surface area contributed by atoms with Gasteiger partial charge in [-0.05, 0) is 33.1 Å². The van der Waals surface area contributed by atoms with Crippen LogP contribution in [0.15, 0.2) is 0 Å². The summed E-state index contributed by atoms with van der Waals surface area (Å²) in [7, 11) is 1.75. The van der Waals surface area contributed by atoms with Gasteiger partial charge in [-0.15, -0.1) is 0 Å². The zero-order valence-electron chi connectivity index (χ0n) is 12.8. The van der Waals surface area contributed by atoms with Gasteiger partial charge in [-0.3, -0.25) is 4.79 Å². The monoisotopic (exact) mass is 293 g/mol. The molecular weight excluding hydrogens is 270 g/mol. The number of nitrogens with two attached hydrogens (primary N) is 1. The van der Waals surface area contributed by atoms with Crippen molar-refractivity contribution < 1.29 is 4.79 Å². The highest BCUT2D eigenvalue weighted by atomic mass is 16.1. The summed E-state index contributed by atoms with van der Waals surface area (Å²) in [6.45, 7) is 5.26. The van der Waals surface area contributed by atoms with Crippen molar-refractivity contribution in [2.75, 3.05) is 35.7 Å². The Bertz CT molecular complexity index is 511. The molecule has 1 aromatic heterocycles. The van der Waals surface area contributed by atoms with Gasteiger partial charge < -0.3 is 21.3 Å². The highest BCUT2D eigenvalue weighted by molar-refractivity contribution is 5.86. The largest absolute Gasteiger partial charge is 0.368 e. The van der Waals surface area contributed by atoms with Gasteiger partial charge in [0.1, 0.15) is 5.54 Å². The van der Waals surface area contributed by atoms with Crippen molar-refractivity contribution in [3.05, 3.63) is 0 Å². The standard InChI is InChI=1S/C13H23N7O/c1-13(2,9(14)21)19-11-16-10(15-3)17-12(18-11)20-7-5-4-6-8-20/h4-8H2,1-3H3,(H2,14,21)(H2,15,16,17,18,19). The number of amides is 1. The van der Waals surface area contributed by atoms with E-state index >= 15 is 0 Å². The van der Waals surface area contributed by atoms with Crippen molar-refractivity contribution in [2.45, 2.75) is 38.6 Å². The second-order valence-electron chi connectivity index (χ2n) is 5.69. The van der Waals surface area contributed by atoms with E-state index in [4.69, 9.17) is 5.73 Å². The zero-order valence-corrected chi connectivity index (χ0v) is 12.8. The Labute approximate surface area is 124 Å². The predicted molar refractivity (Wildman–Crippen MR) is 82.3 cm³/mol. The molecule has 2 heterocycles. The molecule has 0 bridgehead atoms. The molecule has 8 nitrogen and oxygen atoms in total. The molecule has 0 unspecified atom stereocenters. The van der Waals surface area contributed by atoms with Gasteiger partial charge in [0.25, 0.3) is 0 Å². The first-order valence-corrected chi connectivity index (χ1v) is 7.19. The van der Waals surface area contributed by atoms with Crippen LogP contribution in [0.5, 0.6) is 0 Å². The van der Waals surface area contributed by atoms with Crippen molar-refractivity contribution >= 4 is 23.8 Å². The van der Waals surface area contributed by atoms with Gasteiger partial charge in [-0.25, -0.2) is 0 Å². The molecule has 21 heavy (non-hydrogen) atoms. The summed E-state index contributed by atoms with van der Waals surface area (Å²) in [5.74, 6) is 0.970. The van der Waals surface area contributed by atoms with Crippen molar-refractivity contribution in [2.24, 2.45) is 5.73 Å². The fraction of sp³-hybridized carbons (Fsp3) is 0.692. The Kier molecular flexibility index (Phi) is 4.44. The number of rotatable bonds is 5. The first kappa shape index (κ1) is 15.3. The summed E-state index contributed by atoms with van der Waals surface area (Å²) >= 11 is 0. The number of nitrogens with zero attached hydrogens (tertiary/aromatic N) is 4. The summed E-state index contributed by atoms with van der Waals surface area (Å²) in [5.41, 5.74) is 4.45. The van der Waals surface area contributed by atoms with E-state index in [0.717, 1.165) is 25.9 Å². The number of nitrogens with one attached hydrogen (secondary N) is 2. The van der Waals surface area contributed by atoms with Gasteiger partial charge >= 0.3 is 0 Å². The number of anilines is 3. The van der Waals surface area contributed by atoms with Gasteiger partial charge in [0.2, 0.25) is 23.8 Å². The molecule has 0 aromatic carbocycles. The van der Waals surface area contributed by atoms with E-state index in [0.29, 0.717) is 17.8 Å². The van der Waals surface area contributed by atoms with Crippen LogP contribution in [0.2, 0.25) is 0 Å². The molecule has 4 N–H and O–H groups in total. The molecule has 0 atom stereocenters. The summed E-state index contributed by atoms with van der Waals surface area (Å²) in [6.07, 6.45) is 3.51. The van der Waals surface area contributed by atoms with E-state index in [1.54, 1.807) is 20.9 Å². The van der Waals surface area contributed by atoms with Crippen molar-refractivity contribution in [3.8, 4) is 0 Å². The smallest absolute Gasteiger partial charge is 0.242 e. The Morgan fingerprint density at radius 1 is 1.14 bits per heavy atom. The summed E-state index contributed by atoms with van der Waals surface area (Å²) in [4.78, 5) is 26.6. The predicted octanol–water partition coefficient (Wildman–Crippen LogP) is 0.579. The molecule has 0 spiro atoms. The van der Waals surface area contributed by atoms with E-state index in [2.05, 4.69) is 30.5 Å². The zero-order chi connectivity index (χ0) is 15.5. The summed E-state index contributed by atoms with van der Waals surface area (Å²) in [5, 5.41) is 5.89. The fourth-order valence-corrected chi connectivity index (χ4v) is 2.11. The maximum absolute atomic E-state index is 11.4. The Hall–Kier alpha value is -2.12. The first-order chi connectivity index (χ1) is 9.92. The van der Waals surface area contributed by atoms with E-state index in [9.17, 15) is 4.79 Å². The molecule has 1 aromatic rings. The van der Waals surface area contributed by atoms with E-state index in [1.165, 1.54) is 6.42 Å². The number of carbonyl (C=O) groups excluding carboxylic acids is 1. The van der Waals surface area contributed by atoms with Crippen LogP contribution < -0.4 is 21.3 Å². The van der Waals surface area contributed by atoms with Gasteiger partial charge in [0.05, 0.1) is 0 Å². The number of carbonyl (C=O) groups is 1. The summed E-state index contributed by atoms with van der Waals surface area (Å²) in [6, 6.07) is 0. The third-order valence-corrected chi connectivity index (χ3v) is 3.53. The third kappa shape index (κ3) is 3.71. The number of hydrogen-bond acceptors (Lipinski definition) is 7. The average Bonchev–Trinajstić information content (AvgIpc) is 2.47. The minimum absolute atomic E-state index is 0.346. The molecule has 8 heteroatoms. The second-order valence-corrected chi connectivity index (χ2v) is 5.69. The maximum Gasteiger partial charge on any atom is 0.242 e. The molecule has 1 amide bonds. The molecular formula is C13H23N7O. The minimum Gasteiger partial charge on any atom is -0.368 e. The number of primary amides is 1. The van der Waals surface area contributed by atoms with E-state index in [-0.39, 0.29) is 0 Å². The molecule has 0 radical (unpaired) electrons. The van der Waals surface area contributed by atoms with Crippen LogP contribution in [-0.2, 0) is 4.79 Å². The normalized spacial score (nSPS) is 15.7. The molecule has 0 aliphatic carbocycles. The lowest BCUT2D eigenvalue weighted by atomic mass is 10.1. The Morgan fingerprint density at radius 2 is 1.76 bits per heavy atom. The van der Waals surface area contributed by atoms with Gasteiger partial charge in [0.15, 0.2) is 0 Å². The topological polar surface area (TPSA) is 109 Å².